The quantitative estimate of drug-likeness (QED) is 0.815. The van der Waals surface area contributed by atoms with Crippen LogP contribution in [0, 0.1) is 11.6 Å². The second-order valence-corrected chi connectivity index (χ2v) is 7.36. The minimum atomic E-state index is -1.07. The lowest BCUT2D eigenvalue weighted by Crippen LogP contribution is -2.45. The molecule has 0 fully saturated rings. The van der Waals surface area contributed by atoms with Gasteiger partial charge in [-0.2, -0.15) is 0 Å². The van der Waals surface area contributed by atoms with Crippen LogP contribution in [0.25, 0.3) is 10.8 Å². The van der Waals surface area contributed by atoms with E-state index in [-0.39, 0.29) is 24.5 Å². The van der Waals surface area contributed by atoms with Crippen molar-refractivity contribution in [3.8, 4) is 0 Å². The molecule has 6 nitrogen and oxygen atoms in total. The number of halogens is 2. The molecule has 0 aliphatic carbocycles. The van der Waals surface area contributed by atoms with Gasteiger partial charge in [0.2, 0.25) is 0 Å². The van der Waals surface area contributed by atoms with E-state index in [4.69, 9.17) is 4.74 Å². The molecule has 0 saturated carbocycles. The van der Waals surface area contributed by atoms with Gasteiger partial charge in [0.25, 0.3) is 5.56 Å². The van der Waals surface area contributed by atoms with Gasteiger partial charge in [0.15, 0.2) is 11.6 Å². The van der Waals surface area contributed by atoms with Gasteiger partial charge in [0, 0.05) is 17.8 Å². The van der Waals surface area contributed by atoms with Crippen LogP contribution in [0.5, 0.6) is 0 Å². The number of carbonyl (C=O) groups is 1. The molecule has 3 rings (SSSR count). The van der Waals surface area contributed by atoms with Crippen LogP contribution in [0.4, 0.5) is 13.6 Å². The summed E-state index contributed by atoms with van der Waals surface area (Å²) in [5.41, 5.74) is -0.0476. The molecule has 0 saturated heterocycles. The van der Waals surface area contributed by atoms with Crippen LogP contribution in [0.15, 0.2) is 16.9 Å². The molecule has 1 aromatic heterocycles. The molecule has 1 unspecified atom stereocenters. The maximum Gasteiger partial charge on any atom is 0.410 e. The number of ether oxygens (including phenoxy) is 1. The summed E-state index contributed by atoms with van der Waals surface area (Å²) in [5, 5.41) is 3.48. The third-order valence-corrected chi connectivity index (χ3v) is 4.29. The van der Waals surface area contributed by atoms with Gasteiger partial charge in [0.1, 0.15) is 5.60 Å². The Morgan fingerprint density at radius 3 is 2.46 bits per heavy atom. The maximum atomic E-state index is 13.8. The van der Waals surface area contributed by atoms with E-state index in [0.717, 1.165) is 12.1 Å². The number of aromatic nitrogens is 1. The number of likely N-dealkylation sites (N-methyl/N-ethyl adjacent to an activating group) is 1. The van der Waals surface area contributed by atoms with E-state index in [0.29, 0.717) is 16.6 Å². The van der Waals surface area contributed by atoms with E-state index in [2.05, 4.69) is 10.3 Å². The van der Waals surface area contributed by atoms with Crippen molar-refractivity contribution >= 4 is 16.9 Å². The predicted octanol–water partition coefficient (Wildman–Crippen LogP) is 2.82. The standard InChI is InChI=1S/C18H21F2N3O3/c1-18(2,3)26-17(25)23-7-13(21-4)15-9-5-11(19)12(20)6-10(9)16(24)22-14(15)8-23/h5-6,13,21H,7-8H2,1-4H3,(H,22,24). The Bertz CT molecular complexity index is 934. The number of fused-ring (bicyclic) bond motifs is 3. The number of H-pyrrole nitrogens is 1. The Hall–Kier alpha value is -2.48. The molecule has 1 aliphatic heterocycles. The van der Waals surface area contributed by atoms with Gasteiger partial charge in [-0.15, -0.1) is 0 Å². The first kappa shape index (κ1) is 18.3. The van der Waals surface area contributed by atoms with Gasteiger partial charge < -0.3 is 19.9 Å². The minimum absolute atomic E-state index is 0.0774. The highest BCUT2D eigenvalue weighted by atomic mass is 19.2. The smallest absolute Gasteiger partial charge is 0.410 e. The van der Waals surface area contributed by atoms with Crippen LogP contribution in [0.1, 0.15) is 38.1 Å². The topological polar surface area (TPSA) is 74.4 Å². The van der Waals surface area contributed by atoms with E-state index >= 15 is 0 Å². The summed E-state index contributed by atoms with van der Waals surface area (Å²) in [6.07, 6.45) is -0.505. The molecule has 1 aromatic carbocycles. The summed E-state index contributed by atoms with van der Waals surface area (Å²) in [6, 6.07) is 1.57. The maximum absolute atomic E-state index is 13.8. The number of benzene rings is 1. The van der Waals surface area contributed by atoms with Gasteiger partial charge in [-0.25, -0.2) is 13.6 Å². The highest BCUT2D eigenvalue weighted by Gasteiger charge is 2.32. The number of hydrogen-bond acceptors (Lipinski definition) is 4. The normalized spacial score (nSPS) is 17.3. The zero-order valence-corrected chi connectivity index (χ0v) is 15.1. The summed E-state index contributed by atoms with van der Waals surface area (Å²) in [4.78, 5) is 28.9. The molecule has 26 heavy (non-hydrogen) atoms. The summed E-state index contributed by atoms with van der Waals surface area (Å²) in [5.74, 6) is -2.09. The summed E-state index contributed by atoms with van der Waals surface area (Å²) >= 11 is 0. The van der Waals surface area contributed by atoms with E-state index in [9.17, 15) is 18.4 Å². The highest BCUT2D eigenvalue weighted by Crippen LogP contribution is 2.32. The van der Waals surface area contributed by atoms with Crippen LogP contribution < -0.4 is 10.9 Å². The lowest BCUT2D eigenvalue weighted by atomic mass is 9.94. The first-order valence-electron chi connectivity index (χ1n) is 8.29. The Balaban J connectivity index is 2.11. The average molecular weight is 365 g/mol. The lowest BCUT2D eigenvalue weighted by Gasteiger charge is -2.35. The molecule has 2 aromatic rings. The van der Waals surface area contributed by atoms with Gasteiger partial charge in [0.05, 0.1) is 18.0 Å². The second kappa shape index (κ2) is 6.35. The van der Waals surface area contributed by atoms with Crippen molar-refractivity contribution in [2.24, 2.45) is 0 Å². The fraction of sp³-hybridized carbons (Fsp3) is 0.444. The van der Waals surface area contributed by atoms with E-state index in [1.54, 1.807) is 27.8 Å². The number of carbonyl (C=O) groups excluding carboxylic acids is 1. The largest absolute Gasteiger partial charge is 0.444 e. The van der Waals surface area contributed by atoms with Crippen molar-refractivity contribution in [2.75, 3.05) is 13.6 Å². The molecule has 0 radical (unpaired) electrons. The minimum Gasteiger partial charge on any atom is -0.444 e. The monoisotopic (exact) mass is 365 g/mol. The van der Waals surface area contributed by atoms with Gasteiger partial charge in [-0.3, -0.25) is 4.79 Å². The Morgan fingerprint density at radius 2 is 1.88 bits per heavy atom. The van der Waals surface area contributed by atoms with E-state index < -0.39 is 28.9 Å². The molecule has 0 bridgehead atoms. The number of amides is 1. The molecular weight excluding hydrogens is 344 g/mol. The molecule has 1 atom stereocenters. The fourth-order valence-electron chi connectivity index (χ4n) is 3.18. The second-order valence-electron chi connectivity index (χ2n) is 7.36. The van der Waals surface area contributed by atoms with Gasteiger partial charge >= 0.3 is 6.09 Å². The number of hydrogen-bond donors (Lipinski definition) is 2. The third-order valence-electron chi connectivity index (χ3n) is 4.29. The zero-order chi connectivity index (χ0) is 19.2. The van der Waals surface area contributed by atoms with Gasteiger partial charge in [-0.05, 0) is 45.3 Å². The molecule has 1 amide bonds. The summed E-state index contributed by atoms with van der Waals surface area (Å²) < 4.78 is 32.7. The van der Waals surface area contributed by atoms with Crippen molar-refractivity contribution in [3.05, 3.63) is 45.4 Å². The number of aromatic amines is 1. The van der Waals surface area contributed by atoms with Crippen LogP contribution in [-0.2, 0) is 11.3 Å². The fourth-order valence-corrected chi connectivity index (χ4v) is 3.18. The lowest BCUT2D eigenvalue weighted by molar-refractivity contribution is 0.0195. The van der Waals surface area contributed by atoms with Gasteiger partial charge in [-0.1, -0.05) is 0 Å². The van der Waals surface area contributed by atoms with E-state index in [1.165, 1.54) is 4.90 Å². The number of pyridine rings is 1. The van der Waals surface area contributed by atoms with Crippen molar-refractivity contribution in [1.29, 1.82) is 0 Å². The Kier molecular flexibility index (Phi) is 4.47. The highest BCUT2D eigenvalue weighted by molar-refractivity contribution is 5.86. The molecule has 2 heterocycles. The SMILES string of the molecule is CNC1CN(C(=O)OC(C)(C)C)Cc2[nH]c(=O)c3cc(F)c(F)cc3c21. The first-order chi connectivity index (χ1) is 12.1. The zero-order valence-electron chi connectivity index (χ0n) is 15.1. The first-order valence-corrected chi connectivity index (χ1v) is 8.29. The van der Waals surface area contributed by atoms with Crippen LogP contribution >= 0.6 is 0 Å². The van der Waals surface area contributed by atoms with Crippen LogP contribution in [0.2, 0.25) is 0 Å². The summed E-state index contributed by atoms with van der Waals surface area (Å²) in [6.45, 7) is 5.70. The molecule has 2 N–H and O–H groups in total. The predicted molar refractivity (Wildman–Crippen MR) is 92.9 cm³/mol. The Morgan fingerprint density at radius 1 is 1.27 bits per heavy atom. The number of nitrogens with one attached hydrogen (secondary N) is 2. The number of rotatable bonds is 1. The van der Waals surface area contributed by atoms with Crippen molar-refractivity contribution in [2.45, 2.75) is 39.0 Å². The van der Waals surface area contributed by atoms with Crippen LogP contribution in [-0.4, -0.2) is 35.2 Å². The summed E-state index contributed by atoms with van der Waals surface area (Å²) in [7, 11) is 1.70. The van der Waals surface area contributed by atoms with E-state index in [1.807, 2.05) is 0 Å². The van der Waals surface area contributed by atoms with Crippen molar-refractivity contribution in [1.82, 2.24) is 15.2 Å². The molecule has 1 aliphatic rings. The molecular formula is C18H21F2N3O3. The van der Waals surface area contributed by atoms with Crippen molar-refractivity contribution < 1.29 is 18.3 Å². The molecule has 140 valence electrons. The molecule has 8 heteroatoms. The average Bonchev–Trinajstić information content (AvgIpc) is 2.54. The number of nitrogens with zero attached hydrogens (tertiary/aromatic N) is 1. The van der Waals surface area contributed by atoms with Crippen LogP contribution in [0.3, 0.4) is 0 Å². The Labute approximate surface area is 149 Å². The van der Waals surface area contributed by atoms with Crippen molar-refractivity contribution in [3.63, 3.8) is 0 Å². The third kappa shape index (κ3) is 3.29. The molecule has 0 spiro atoms.